The van der Waals surface area contributed by atoms with Crippen molar-refractivity contribution < 1.29 is 14.7 Å². The van der Waals surface area contributed by atoms with Crippen LogP contribution in [0.1, 0.15) is 5.69 Å². The van der Waals surface area contributed by atoms with Crippen molar-refractivity contribution in [2.45, 2.75) is 5.72 Å². The second-order valence-electron chi connectivity index (χ2n) is 7.15. The molecule has 8 heteroatoms. The fourth-order valence-electron chi connectivity index (χ4n) is 3.78. The number of urea groups is 1. The molecule has 3 amide bonds. The molecule has 5 rings (SSSR count). The highest BCUT2D eigenvalue weighted by Gasteiger charge is 2.60. The standard InChI is InChI=1S/C23H15Br2N3O3/c24-15-5-9-17(10-6-15)27-21(29)23(31,20-13-14-3-1-2-4-19(14)26-20)28(22(27)30)18-11-7-16(25)8-12-18/h1-13,26,31H. The molecule has 0 bridgehead atoms. The first-order valence-corrected chi connectivity index (χ1v) is 11.0. The summed E-state index contributed by atoms with van der Waals surface area (Å²) in [5.41, 5.74) is -0.509. The summed E-state index contributed by atoms with van der Waals surface area (Å²) in [7, 11) is 0. The van der Waals surface area contributed by atoms with E-state index in [2.05, 4.69) is 36.8 Å². The number of benzene rings is 3. The Bertz CT molecular complexity index is 1290. The topological polar surface area (TPSA) is 76.6 Å². The van der Waals surface area contributed by atoms with E-state index < -0.39 is 17.7 Å². The van der Waals surface area contributed by atoms with E-state index in [9.17, 15) is 14.7 Å². The number of hydrogen-bond acceptors (Lipinski definition) is 3. The normalized spacial score (nSPS) is 18.9. The van der Waals surface area contributed by atoms with Crippen LogP contribution in [0.5, 0.6) is 0 Å². The molecule has 31 heavy (non-hydrogen) atoms. The molecule has 1 aliphatic heterocycles. The lowest BCUT2D eigenvalue weighted by atomic mass is 10.1. The van der Waals surface area contributed by atoms with Crippen LogP contribution in [0.25, 0.3) is 10.9 Å². The van der Waals surface area contributed by atoms with Crippen LogP contribution >= 0.6 is 31.9 Å². The van der Waals surface area contributed by atoms with Crippen molar-refractivity contribution in [2.75, 3.05) is 9.80 Å². The van der Waals surface area contributed by atoms with Crippen molar-refractivity contribution in [3.8, 4) is 0 Å². The van der Waals surface area contributed by atoms with Crippen molar-refractivity contribution >= 4 is 66.1 Å². The van der Waals surface area contributed by atoms with Gasteiger partial charge in [-0.1, -0.05) is 50.1 Å². The number of nitrogens with zero attached hydrogens (tertiary/aromatic N) is 2. The first-order chi connectivity index (χ1) is 14.9. The number of anilines is 2. The summed E-state index contributed by atoms with van der Waals surface area (Å²) in [5, 5.41) is 12.7. The monoisotopic (exact) mass is 539 g/mol. The lowest BCUT2D eigenvalue weighted by molar-refractivity contribution is -0.134. The van der Waals surface area contributed by atoms with E-state index in [1.165, 1.54) is 0 Å². The second kappa shape index (κ2) is 7.33. The Morgan fingerprint density at radius 1 is 0.806 bits per heavy atom. The first kappa shape index (κ1) is 20.0. The number of carbonyl (C=O) groups excluding carboxylic acids is 2. The van der Waals surface area contributed by atoms with E-state index in [1.54, 1.807) is 54.6 Å². The van der Waals surface area contributed by atoms with Crippen LogP contribution in [0.15, 0.2) is 87.8 Å². The van der Waals surface area contributed by atoms with E-state index in [1.807, 2.05) is 24.3 Å². The summed E-state index contributed by atoms with van der Waals surface area (Å²) in [5.74, 6) is -0.755. The van der Waals surface area contributed by atoms with Gasteiger partial charge in [0, 0.05) is 20.1 Å². The van der Waals surface area contributed by atoms with Crippen LogP contribution in [0.2, 0.25) is 0 Å². The van der Waals surface area contributed by atoms with Crippen LogP contribution < -0.4 is 9.80 Å². The number of amides is 3. The van der Waals surface area contributed by atoms with E-state index >= 15 is 0 Å². The van der Waals surface area contributed by atoms with Gasteiger partial charge in [-0.3, -0.25) is 9.69 Å². The molecule has 2 N–H and O–H groups in total. The van der Waals surface area contributed by atoms with Crippen molar-refractivity contribution in [3.63, 3.8) is 0 Å². The molecule has 2 heterocycles. The summed E-state index contributed by atoms with van der Waals surface area (Å²) in [6.07, 6.45) is 0. The molecule has 1 atom stereocenters. The maximum absolute atomic E-state index is 13.6. The van der Waals surface area contributed by atoms with Crippen molar-refractivity contribution in [2.24, 2.45) is 0 Å². The van der Waals surface area contributed by atoms with Gasteiger partial charge in [-0.05, 0) is 66.0 Å². The first-order valence-electron chi connectivity index (χ1n) is 9.40. The number of para-hydroxylation sites is 1. The molecular weight excluding hydrogens is 526 g/mol. The molecule has 0 spiro atoms. The highest BCUT2D eigenvalue weighted by molar-refractivity contribution is 9.10. The van der Waals surface area contributed by atoms with Crippen LogP contribution in [0, 0.1) is 0 Å². The fourth-order valence-corrected chi connectivity index (χ4v) is 4.31. The minimum absolute atomic E-state index is 0.217. The van der Waals surface area contributed by atoms with E-state index in [4.69, 9.17) is 0 Å². The molecule has 1 aliphatic rings. The lowest BCUT2D eigenvalue weighted by Gasteiger charge is -2.29. The highest BCUT2D eigenvalue weighted by atomic mass is 79.9. The highest BCUT2D eigenvalue weighted by Crippen LogP contribution is 2.42. The number of fused-ring (bicyclic) bond motifs is 1. The molecule has 1 aromatic heterocycles. The maximum Gasteiger partial charge on any atom is 0.339 e. The number of rotatable bonds is 3. The number of aromatic amines is 1. The van der Waals surface area contributed by atoms with Crippen molar-refractivity contribution in [3.05, 3.63) is 93.5 Å². The zero-order valence-corrected chi connectivity index (χ0v) is 19.1. The van der Waals surface area contributed by atoms with Gasteiger partial charge in [0.05, 0.1) is 11.4 Å². The molecule has 0 saturated carbocycles. The molecule has 154 valence electrons. The average molecular weight is 541 g/mol. The molecule has 1 fully saturated rings. The smallest absolute Gasteiger partial charge is 0.339 e. The van der Waals surface area contributed by atoms with Crippen LogP contribution in [0.4, 0.5) is 16.2 Å². The zero-order chi connectivity index (χ0) is 21.8. The Morgan fingerprint density at radius 2 is 1.39 bits per heavy atom. The number of nitrogens with one attached hydrogen (secondary N) is 1. The Morgan fingerprint density at radius 3 is 2.00 bits per heavy atom. The van der Waals surface area contributed by atoms with Crippen LogP contribution in [-0.2, 0) is 10.5 Å². The SMILES string of the molecule is O=C1N(c2ccc(Br)cc2)C(=O)C(O)(c2cc3ccccc3[nH]2)N1c1ccc(Br)cc1. The van der Waals surface area contributed by atoms with Gasteiger partial charge in [0.2, 0.25) is 0 Å². The third kappa shape index (κ3) is 3.10. The lowest BCUT2D eigenvalue weighted by Crippen LogP contribution is -2.47. The molecule has 4 aromatic rings. The third-order valence-corrected chi connectivity index (χ3v) is 6.34. The number of aromatic nitrogens is 1. The van der Waals surface area contributed by atoms with Gasteiger partial charge < -0.3 is 10.1 Å². The number of H-pyrrole nitrogens is 1. The Hall–Kier alpha value is -2.94. The summed E-state index contributed by atoms with van der Waals surface area (Å²) < 4.78 is 1.62. The summed E-state index contributed by atoms with van der Waals surface area (Å²) in [6.45, 7) is 0. The van der Waals surface area contributed by atoms with Gasteiger partial charge in [-0.25, -0.2) is 9.69 Å². The van der Waals surface area contributed by atoms with Crippen LogP contribution in [-0.4, -0.2) is 22.0 Å². The van der Waals surface area contributed by atoms with E-state index in [0.717, 1.165) is 29.6 Å². The minimum Gasteiger partial charge on any atom is -0.358 e. The predicted molar refractivity (Wildman–Crippen MR) is 126 cm³/mol. The Labute approximate surface area is 194 Å². The van der Waals surface area contributed by atoms with Gasteiger partial charge >= 0.3 is 6.03 Å². The van der Waals surface area contributed by atoms with Crippen molar-refractivity contribution in [1.29, 1.82) is 0 Å². The van der Waals surface area contributed by atoms with Gasteiger partial charge in [-0.15, -0.1) is 0 Å². The summed E-state index contributed by atoms with van der Waals surface area (Å²) >= 11 is 6.74. The van der Waals surface area contributed by atoms with Gasteiger partial charge in [0.25, 0.3) is 11.6 Å². The number of carbonyl (C=O) groups is 2. The van der Waals surface area contributed by atoms with E-state index in [0.29, 0.717) is 11.4 Å². The third-order valence-electron chi connectivity index (χ3n) is 5.28. The van der Waals surface area contributed by atoms with Gasteiger partial charge in [0.1, 0.15) is 0 Å². The summed E-state index contributed by atoms with van der Waals surface area (Å²) in [4.78, 5) is 32.4. The van der Waals surface area contributed by atoms with Gasteiger partial charge in [-0.2, -0.15) is 0 Å². The minimum atomic E-state index is -2.24. The molecule has 0 aliphatic carbocycles. The Balaban J connectivity index is 1.72. The van der Waals surface area contributed by atoms with E-state index in [-0.39, 0.29) is 5.69 Å². The molecular formula is C23H15Br2N3O3. The number of aliphatic hydroxyl groups is 1. The maximum atomic E-state index is 13.6. The largest absolute Gasteiger partial charge is 0.358 e. The molecule has 3 aromatic carbocycles. The number of imide groups is 1. The fraction of sp³-hybridized carbons (Fsp3) is 0.0435. The zero-order valence-electron chi connectivity index (χ0n) is 15.9. The average Bonchev–Trinajstić information content (AvgIpc) is 3.29. The van der Waals surface area contributed by atoms with Crippen molar-refractivity contribution in [1.82, 2.24) is 4.98 Å². The van der Waals surface area contributed by atoms with Crippen LogP contribution in [0.3, 0.4) is 0 Å². The predicted octanol–water partition coefficient (Wildman–Crippen LogP) is 5.51. The number of hydrogen-bond donors (Lipinski definition) is 2. The number of halogens is 2. The quantitative estimate of drug-likeness (QED) is 0.336. The van der Waals surface area contributed by atoms with Gasteiger partial charge in [0.15, 0.2) is 0 Å². The molecule has 6 nitrogen and oxygen atoms in total. The second-order valence-corrected chi connectivity index (χ2v) is 8.99. The molecule has 1 saturated heterocycles. The molecule has 1 unspecified atom stereocenters. The molecule has 0 radical (unpaired) electrons. The summed E-state index contributed by atoms with van der Waals surface area (Å²) in [6, 6.07) is 22.1. The Kier molecular flexibility index (Phi) is 4.73.